The molecule has 0 bridgehead atoms. The maximum absolute atomic E-state index is 12.2. The summed E-state index contributed by atoms with van der Waals surface area (Å²) >= 11 is 0. The zero-order chi connectivity index (χ0) is 21.5. The summed E-state index contributed by atoms with van der Waals surface area (Å²) in [4.78, 5) is 47.3. The van der Waals surface area contributed by atoms with Crippen LogP contribution in [0.15, 0.2) is 24.3 Å². The Hall–Kier alpha value is -2.64. The Labute approximate surface area is 169 Å². The molecule has 0 N–H and O–H groups in total. The zero-order valence-electron chi connectivity index (χ0n) is 16.8. The third-order valence-electron chi connectivity index (χ3n) is 6.07. The zero-order valence-corrected chi connectivity index (χ0v) is 16.8. The SMILES string of the molecule is C=C1CC[C@H]2C(=C)C(=O)O[C@@H]2[C@H]2[C@H](COC(C)=O)[C@@H](OC(C)=O)[C@H](OC(C)=O)[C@@H]12. The first-order valence-corrected chi connectivity index (χ1v) is 9.67. The molecule has 0 amide bonds. The van der Waals surface area contributed by atoms with Crippen LogP contribution in [-0.4, -0.2) is 48.8 Å². The fraction of sp³-hybridized carbons (Fsp3) is 0.619. The molecule has 7 atom stereocenters. The van der Waals surface area contributed by atoms with Gasteiger partial charge in [0.05, 0.1) is 6.61 Å². The predicted molar refractivity (Wildman–Crippen MR) is 99.1 cm³/mol. The molecule has 3 aliphatic rings. The Balaban J connectivity index is 2.07. The molecular formula is C21H26O8. The van der Waals surface area contributed by atoms with Crippen molar-refractivity contribution < 1.29 is 38.1 Å². The van der Waals surface area contributed by atoms with Crippen LogP contribution in [0.25, 0.3) is 0 Å². The number of rotatable bonds is 4. The van der Waals surface area contributed by atoms with Gasteiger partial charge in [-0.05, 0) is 12.8 Å². The summed E-state index contributed by atoms with van der Waals surface area (Å²) in [6.45, 7) is 11.8. The normalized spacial score (nSPS) is 35.8. The molecule has 1 saturated heterocycles. The molecule has 3 rings (SSSR count). The molecule has 1 aliphatic heterocycles. The predicted octanol–water partition coefficient (Wildman–Crippen LogP) is 1.72. The maximum Gasteiger partial charge on any atom is 0.334 e. The molecule has 0 spiro atoms. The van der Waals surface area contributed by atoms with Crippen molar-refractivity contribution in [3.8, 4) is 0 Å². The molecule has 0 radical (unpaired) electrons. The molecule has 29 heavy (non-hydrogen) atoms. The Morgan fingerprint density at radius 1 is 1.03 bits per heavy atom. The second kappa shape index (κ2) is 8.00. The van der Waals surface area contributed by atoms with Crippen LogP contribution in [0.2, 0.25) is 0 Å². The van der Waals surface area contributed by atoms with E-state index in [9.17, 15) is 19.2 Å². The van der Waals surface area contributed by atoms with Crippen LogP contribution >= 0.6 is 0 Å². The van der Waals surface area contributed by atoms with E-state index in [1.54, 1.807) is 0 Å². The number of fused-ring (bicyclic) bond motifs is 3. The van der Waals surface area contributed by atoms with E-state index in [0.29, 0.717) is 18.4 Å². The number of carbonyl (C=O) groups excluding carboxylic acids is 4. The summed E-state index contributed by atoms with van der Waals surface area (Å²) in [5, 5.41) is 0. The molecule has 0 unspecified atom stereocenters. The topological polar surface area (TPSA) is 105 Å². The summed E-state index contributed by atoms with van der Waals surface area (Å²) in [7, 11) is 0. The van der Waals surface area contributed by atoms with E-state index < -0.39 is 59.9 Å². The lowest BCUT2D eigenvalue weighted by atomic mass is 9.78. The van der Waals surface area contributed by atoms with Gasteiger partial charge in [-0.3, -0.25) is 14.4 Å². The number of hydrogen-bond acceptors (Lipinski definition) is 8. The average Bonchev–Trinajstić information content (AvgIpc) is 2.99. The van der Waals surface area contributed by atoms with Crippen molar-refractivity contribution >= 4 is 23.9 Å². The van der Waals surface area contributed by atoms with Crippen LogP contribution in [0.1, 0.15) is 33.6 Å². The van der Waals surface area contributed by atoms with Gasteiger partial charge in [0.1, 0.15) is 18.3 Å². The van der Waals surface area contributed by atoms with Crippen molar-refractivity contribution in [1.29, 1.82) is 0 Å². The second-order valence-corrected chi connectivity index (χ2v) is 7.92. The Kier molecular flexibility index (Phi) is 5.82. The quantitative estimate of drug-likeness (QED) is 0.301. The second-order valence-electron chi connectivity index (χ2n) is 7.92. The minimum Gasteiger partial charge on any atom is -0.465 e. The van der Waals surface area contributed by atoms with Crippen molar-refractivity contribution in [3.63, 3.8) is 0 Å². The van der Waals surface area contributed by atoms with E-state index in [0.717, 1.165) is 5.57 Å². The molecule has 158 valence electrons. The fourth-order valence-corrected chi connectivity index (χ4v) is 5.03. The smallest absolute Gasteiger partial charge is 0.334 e. The van der Waals surface area contributed by atoms with Gasteiger partial charge in [-0.25, -0.2) is 4.79 Å². The molecule has 0 aromatic carbocycles. The Morgan fingerprint density at radius 2 is 1.66 bits per heavy atom. The average molecular weight is 406 g/mol. The van der Waals surface area contributed by atoms with E-state index in [4.69, 9.17) is 18.9 Å². The van der Waals surface area contributed by atoms with Gasteiger partial charge in [-0.1, -0.05) is 18.7 Å². The lowest BCUT2D eigenvalue weighted by Gasteiger charge is -2.30. The van der Waals surface area contributed by atoms with E-state index in [2.05, 4.69) is 13.2 Å². The summed E-state index contributed by atoms with van der Waals surface area (Å²) in [6.07, 6.45) is -0.983. The van der Waals surface area contributed by atoms with Crippen LogP contribution < -0.4 is 0 Å². The first kappa shape index (κ1) is 21.1. The number of hydrogen-bond donors (Lipinski definition) is 0. The van der Waals surface area contributed by atoms with Crippen LogP contribution in [0.5, 0.6) is 0 Å². The first-order chi connectivity index (χ1) is 13.6. The lowest BCUT2D eigenvalue weighted by Crippen LogP contribution is -2.39. The van der Waals surface area contributed by atoms with Gasteiger partial charge in [0.2, 0.25) is 0 Å². The van der Waals surface area contributed by atoms with Crippen molar-refractivity contribution in [3.05, 3.63) is 24.3 Å². The van der Waals surface area contributed by atoms with Crippen molar-refractivity contribution in [2.24, 2.45) is 23.7 Å². The summed E-state index contributed by atoms with van der Waals surface area (Å²) in [6, 6.07) is 0. The highest BCUT2D eigenvalue weighted by molar-refractivity contribution is 5.91. The minimum absolute atomic E-state index is 0.0628. The van der Waals surface area contributed by atoms with Crippen LogP contribution in [0.4, 0.5) is 0 Å². The van der Waals surface area contributed by atoms with Gasteiger partial charge in [0, 0.05) is 50.0 Å². The lowest BCUT2D eigenvalue weighted by molar-refractivity contribution is -0.169. The highest BCUT2D eigenvalue weighted by atomic mass is 16.6. The van der Waals surface area contributed by atoms with Gasteiger partial charge < -0.3 is 18.9 Å². The Morgan fingerprint density at radius 3 is 2.24 bits per heavy atom. The van der Waals surface area contributed by atoms with E-state index >= 15 is 0 Å². The molecule has 1 heterocycles. The van der Waals surface area contributed by atoms with Crippen LogP contribution in [0, 0.1) is 23.7 Å². The summed E-state index contributed by atoms with van der Waals surface area (Å²) in [5.74, 6) is -3.58. The molecule has 8 nitrogen and oxygen atoms in total. The van der Waals surface area contributed by atoms with Gasteiger partial charge in [-0.15, -0.1) is 0 Å². The highest BCUT2D eigenvalue weighted by Crippen LogP contribution is 2.54. The Bertz CT molecular complexity index is 769. The van der Waals surface area contributed by atoms with E-state index in [1.165, 1.54) is 20.8 Å². The fourth-order valence-electron chi connectivity index (χ4n) is 5.03. The monoisotopic (exact) mass is 406 g/mol. The maximum atomic E-state index is 12.2. The molecule has 8 heteroatoms. The van der Waals surface area contributed by atoms with E-state index in [1.807, 2.05) is 0 Å². The third kappa shape index (κ3) is 3.93. The molecule has 2 saturated carbocycles. The van der Waals surface area contributed by atoms with Gasteiger partial charge in [0.15, 0.2) is 0 Å². The summed E-state index contributed by atoms with van der Waals surface area (Å²) < 4.78 is 22.0. The van der Waals surface area contributed by atoms with Gasteiger partial charge in [-0.2, -0.15) is 0 Å². The number of carbonyl (C=O) groups is 4. The molecule has 2 aliphatic carbocycles. The molecule has 0 aromatic heterocycles. The first-order valence-electron chi connectivity index (χ1n) is 9.67. The van der Waals surface area contributed by atoms with Gasteiger partial charge >= 0.3 is 23.9 Å². The summed E-state index contributed by atoms with van der Waals surface area (Å²) in [5.41, 5.74) is 1.22. The van der Waals surface area contributed by atoms with Crippen molar-refractivity contribution in [2.75, 3.05) is 6.61 Å². The molecule has 3 fully saturated rings. The standard InChI is InChI=1S/C21H26O8/c1-9-6-7-14-10(2)21(25)29-18(14)17-15(8-26-11(3)22)19(27-12(4)23)20(16(9)17)28-13(5)24/h14-20H,1-2,6-8H2,3-5H3/t14-,15-,16-,17-,18-,19+,20+/m0/s1. The minimum atomic E-state index is -0.853. The van der Waals surface area contributed by atoms with Crippen molar-refractivity contribution in [1.82, 2.24) is 0 Å². The van der Waals surface area contributed by atoms with E-state index in [-0.39, 0.29) is 12.5 Å². The largest absolute Gasteiger partial charge is 0.465 e. The number of ether oxygens (including phenoxy) is 4. The van der Waals surface area contributed by atoms with Crippen LogP contribution in [-0.2, 0) is 38.1 Å². The molecule has 0 aromatic rings. The van der Waals surface area contributed by atoms with Gasteiger partial charge in [0.25, 0.3) is 0 Å². The molecular weight excluding hydrogens is 380 g/mol. The van der Waals surface area contributed by atoms with Crippen LogP contribution in [0.3, 0.4) is 0 Å². The number of esters is 4. The third-order valence-corrected chi connectivity index (χ3v) is 6.07. The highest BCUT2D eigenvalue weighted by Gasteiger charge is 2.62. The van der Waals surface area contributed by atoms with Crippen molar-refractivity contribution in [2.45, 2.75) is 51.9 Å².